The Hall–Kier alpha value is -4.62. The Bertz CT molecular complexity index is 1560. The molecule has 2 heterocycles. The summed E-state index contributed by atoms with van der Waals surface area (Å²) in [4.78, 5) is 32.9. The number of carbonyl (C=O) groups is 2. The molecule has 0 aliphatic carbocycles. The van der Waals surface area contributed by atoms with E-state index in [1.54, 1.807) is 36.4 Å². The molecule has 0 saturated carbocycles. The minimum Gasteiger partial charge on any atom is -0.467 e. The zero-order chi connectivity index (χ0) is 26.5. The second kappa shape index (κ2) is 11.2. The third-order valence-electron chi connectivity index (χ3n) is 5.96. The average molecular weight is 525 g/mol. The van der Waals surface area contributed by atoms with Crippen LogP contribution in [0.25, 0.3) is 16.9 Å². The van der Waals surface area contributed by atoms with Crippen LogP contribution in [-0.2, 0) is 11.3 Å². The standard InChI is InChI=1S/C30H25ClN4O3/c1-21-9-7-12-23(17-21)35-19-27(22-10-3-2-4-11-22)32-30(35)33-28(36)20-34(18-24-13-8-16-38-24)29(37)25-14-5-6-15-26(25)31/h2-17,19H,18,20H2,1H3,(H,32,33,36). The summed E-state index contributed by atoms with van der Waals surface area (Å²) in [6.45, 7) is 1.88. The lowest BCUT2D eigenvalue weighted by molar-refractivity contribution is -0.117. The summed E-state index contributed by atoms with van der Waals surface area (Å²) in [6.07, 6.45) is 3.41. The molecule has 0 unspecified atom stereocenters. The molecular formula is C30H25ClN4O3. The second-order valence-corrected chi connectivity index (χ2v) is 9.20. The van der Waals surface area contributed by atoms with Gasteiger partial charge in [-0.05, 0) is 48.9 Å². The number of benzene rings is 3. The van der Waals surface area contributed by atoms with Gasteiger partial charge >= 0.3 is 0 Å². The molecule has 0 atom stereocenters. The Kier molecular flexibility index (Phi) is 7.38. The first kappa shape index (κ1) is 25.0. The lowest BCUT2D eigenvalue weighted by atomic mass is 10.2. The number of hydrogen-bond donors (Lipinski definition) is 1. The van der Waals surface area contributed by atoms with Crippen LogP contribution in [0.15, 0.2) is 108 Å². The molecule has 5 aromatic rings. The maximum atomic E-state index is 13.4. The first-order valence-electron chi connectivity index (χ1n) is 12.1. The van der Waals surface area contributed by atoms with Crippen molar-refractivity contribution >= 4 is 29.4 Å². The van der Waals surface area contributed by atoms with Gasteiger partial charge < -0.3 is 9.32 Å². The summed E-state index contributed by atoms with van der Waals surface area (Å²) in [5.41, 5.74) is 3.87. The number of rotatable bonds is 8. The quantitative estimate of drug-likeness (QED) is 0.255. The summed E-state index contributed by atoms with van der Waals surface area (Å²) in [5.74, 6) is 0.110. The number of nitrogens with zero attached hydrogens (tertiary/aromatic N) is 3. The minimum absolute atomic E-state index is 0.103. The molecule has 0 aliphatic rings. The van der Waals surface area contributed by atoms with E-state index in [0.717, 1.165) is 16.8 Å². The van der Waals surface area contributed by atoms with Crippen LogP contribution in [0.3, 0.4) is 0 Å². The number of carbonyl (C=O) groups excluding carboxylic acids is 2. The topological polar surface area (TPSA) is 80.4 Å². The number of imidazole rings is 1. The van der Waals surface area contributed by atoms with Gasteiger partial charge in [0.15, 0.2) is 0 Å². The van der Waals surface area contributed by atoms with Crippen molar-refractivity contribution in [3.05, 3.63) is 125 Å². The maximum Gasteiger partial charge on any atom is 0.256 e. The fourth-order valence-corrected chi connectivity index (χ4v) is 4.34. The molecule has 0 fully saturated rings. The molecule has 190 valence electrons. The molecule has 7 nitrogen and oxygen atoms in total. The van der Waals surface area contributed by atoms with Gasteiger partial charge in [0.25, 0.3) is 5.91 Å². The number of aromatic nitrogens is 2. The van der Waals surface area contributed by atoms with Gasteiger partial charge in [0.2, 0.25) is 11.9 Å². The number of nitrogens with one attached hydrogen (secondary N) is 1. The van der Waals surface area contributed by atoms with Crippen molar-refractivity contribution in [3.63, 3.8) is 0 Å². The highest BCUT2D eigenvalue weighted by Crippen LogP contribution is 2.25. The number of anilines is 1. The molecular weight excluding hydrogens is 500 g/mol. The summed E-state index contributed by atoms with van der Waals surface area (Å²) in [7, 11) is 0. The summed E-state index contributed by atoms with van der Waals surface area (Å²) >= 11 is 6.29. The van der Waals surface area contributed by atoms with Crippen molar-refractivity contribution in [1.82, 2.24) is 14.5 Å². The van der Waals surface area contributed by atoms with Crippen LogP contribution in [0.2, 0.25) is 5.02 Å². The van der Waals surface area contributed by atoms with Crippen LogP contribution in [-0.4, -0.2) is 32.8 Å². The minimum atomic E-state index is -0.406. The average Bonchev–Trinajstić information content (AvgIpc) is 3.59. The van der Waals surface area contributed by atoms with Crippen molar-refractivity contribution in [2.75, 3.05) is 11.9 Å². The predicted octanol–water partition coefficient (Wildman–Crippen LogP) is 6.38. The van der Waals surface area contributed by atoms with Gasteiger partial charge in [-0.3, -0.25) is 19.5 Å². The summed E-state index contributed by atoms with van der Waals surface area (Å²) < 4.78 is 7.28. The van der Waals surface area contributed by atoms with Gasteiger partial charge in [-0.1, -0.05) is 66.2 Å². The third-order valence-corrected chi connectivity index (χ3v) is 6.29. The van der Waals surface area contributed by atoms with Gasteiger partial charge in [-0.2, -0.15) is 0 Å². The Morgan fingerprint density at radius 3 is 2.50 bits per heavy atom. The Morgan fingerprint density at radius 1 is 0.974 bits per heavy atom. The van der Waals surface area contributed by atoms with Crippen LogP contribution < -0.4 is 5.32 Å². The second-order valence-electron chi connectivity index (χ2n) is 8.79. The Balaban J connectivity index is 1.44. The van der Waals surface area contributed by atoms with E-state index in [9.17, 15) is 9.59 Å². The number of halogens is 1. The van der Waals surface area contributed by atoms with Gasteiger partial charge in [0.05, 0.1) is 29.1 Å². The molecule has 3 aromatic carbocycles. The molecule has 1 N–H and O–H groups in total. The molecule has 0 spiro atoms. The van der Waals surface area contributed by atoms with Crippen LogP contribution in [0, 0.1) is 6.92 Å². The number of aryl methyl sites for hydroxylation is 1. The number of hydrogen-bond acceptors (Lipinski definition) is 4. The van der Waals surface area contributed by atoms with Crippen LogP contribution in [0.1, 0.15) is 21.7 Å². The highest BCUT2D eigenvalue weighted by molar-refractivity contribution is 6.33. The van der Waals surface area contributed by atoms with Crippen molar-refractivity contribution in [3.8, 4) is 16.9 Å². The Labute approximate surface area is 225 Å². The number of furan rings is 1. The highest BCUT2D eigenvalue weighted by Gasteiger charge is 2.23. The molecule has 0 bridgehead atoms. The SMILES string of the molecule is Cc1cccc(-n2cc(-c3ccccc3)nc2NC(=O)CN(Cc2ccco2)C(=O)c2ccccc2Cl)c1. The van der Waals surface area contributed by atoms with E-state index in [-0.39, 0.29) is 19.0 Å². The molecule has 2 amide bonds. The lowest BCUT2D eigenvalue weighted by Crippen LogP contribution is -2.38. The van der Waals surface area contributed by atoms with Crippen molar-refractivity contribution in [1.29, 1.82) is 0 Å². The van der Waals surface area contributed by atoms with Crippen LogP contribution in [0.4, 0.5) is 5.95 Å². The maximum absolute atomic E-state index is 13.4. The zero-order valence-corrected chi connectivity index (χ0v) is 21.4. The van der Waals surface area contributed by atoms with Crippen molar-refractivity contribution in [2.45, 2.75) is 13.5 Å². The number of amides is 2. The van der Waals surface area contributed by atoms with Gasteiger partial charge in [-0.15, -0.1) is 0 Å². The van der Waals surface area contributed by atoms with Crippen molar-refractivity contribution < 1.29 is 14.0 Å². The van der Waals surface area contributed by atoms with E-state index in [2.05, 4.69) is 5.32 Å². The van der Waals surface area contributed by atoms with Gasteiger partial charge in [-0.25, -0.2) is 4.98 Å². The monoisotopic (exact) mass is 524 g/mol. The molecule has 0 radical (unpaired) electrons. The van der Waals surface area contributed by atoms with E-state index in [4.69, 9.17) is 21.0 Å². The van der Waals surface area contributed by atoms with Gasteiger partial charge in [0, 0.05) is 17.4 Å². The normalized spacial score (nSPS) is 10.8. The van der Waals surface area contributed by atoms with Crippen molar-refractivity contribution in [2.24, 2.45) is 0 Å². The van der Waals surface area contributed by atoms with Crippen LogP contribution in [0.5, 0.6) is 0 Å². The largest absolute Gasteiger partial charge is 0.467 e. The van der Waals surface area contributed by atoms with Crippen LogP contribution >= 0.6 is 11.6 Å². The molecule has 2 aromatic heterocycles. The van der Waals surface area contributed by atoms with E-state index >= 15 is 0 Å². The van der Waals surface area contributed by atoms with Gasteiger partial charge in [0.1, 0.15) is 12.3 Å². The fraction of sp³-hybridized carbons (Fsp3) is 0.100. The highest BCUT2D eigenvalue weighted by atomic mass is 35.5. The first-order valence-corrected chi connectivity index (χ1v) is 12.4. The Morgan fingerprint density at radius 2 is 1.76 bits per heavy atom. The molecule has 0 saturated heterocycles. The fourth-order valence-electron chi connectivity index (χ4n) is 4.12. The molecule has 38 heavy (non-hydrogen) atoms. The molecule has 0 aliphatic heterocycles. The summed E-state index contributed by atoms with van der Waals surface area (Å²) in [5, 5.41) is 3.22. The smallest absolute Gasteiger partial charge is 0.256 e. The molecule has 8 heteroatoms. The third kappa shape index (κ3) is 5.68. The van der Waals surface area contributed by atoms with E-state index in [1.165, 1.54) is 11.2 Å². The predicted molar refractivity (Wildman–Crippen MR) is 147 cm³/mol. The lowest BCUT2D eigenvalue weighted by Gasteiger charge is -2.22. The van der Waals surface area contributed by atoms with E-state index < -0.39 is 5.91 Å². The zero-order valence-electron chi connectivity index (χ0n) is 20.7. The first-order chi connectivity index (χ1) is 18.5. The summed E-state index contributed by atoms with van der Waals surface area (Å²) in [6, 6.07) is 27.9. The van der Waals surface area contributed by atoms with E-state index in [1.807, 2.05) is 72.3 Å². The molecule has 5 rings (SSSR count). The van der Waals surface area contributed by atoms with E-state index in [0.29, 0.717) is 28.0 Å².